The number of non-ortho nitro benzene ring substituents is 1. The number of nitro benzene ring substituents is 1. The van der Waals surface area contributed by atoms with Crippen molar-refractivity contribution in [1.29, 1.82) is 0 Å². The highest BCUT2D eigenvalue weighted by atomic mass is 32.1. The van der Waals surface area contributed by atoms with E-state index >= 15 is 0 Å². The van der Waals surface area contributed by atoms with Crippen LogP contribution in [0.4, 0.5) is 5.69 Å². The van der Waals surface area contributed by atoms with E-state index in [2.05, 4.69) is 9.72 Å². The van der Waals surface area contributed by atoms with Gasteiger partial charge in [-0.25, -0.2) is 9.78 Å². The normalized spacial score (nSPS) is 10.2. The molecule has 2 rings (SSSR count). The molecule has 6 nitrogen and oxygen atoms in total. The van der Waals surface area contributed by atoms with Gasteiger partial charge in [0.05, 0.1) is 12.0 Å². The molecule has 7 heteroatoms. The van der Waals surface area contributed by atoms with Crippen molar-refractivity contribution in [1.82, 2.24) is 4.98 Å². The number of methoxy groups -OCH3 is 1. The molecule has 0 aliphatic rings. The Balaban J connectivity index is 2.46. The first-order chi connectivity index (χ1) is 9.02. The molecule has 0 unspecified atom stereocenters. The van der Waals surface area contributed by atoms with Crippen molar-refractivity contribution in [3.8, 4) is 10.6 Å². The second-order valence-electron chi connectivity index (χ2n) is 3.79. The van der Waals surface area contributed by atoms with Crippen LogP contribution in [0.2, 0.25) is 0 Å². The van der Waals surface area contributed by atoms with Crippen LogP contribution in [0, 0.1) is 17.0 Å². The van der Waals surface area contributed by atoms with Gasteiger partial charge in [-0.2, -0.15) is 0 Å². The molecule has 0 radical (unpaired) electrons. The van der Waals surface area contributed by atoms with Crippen LogP contribution in [-0.2, 0) is 4.74 Å². The molecule has 0 amide bonds. The maximum absolute atomic E-state index is 11.3. The van der Waals surface area contributed by atoms with Gasteiger partial charge >= 0.3 is 5.97 Å². The maximum atomic E-state index is 11.3. The van der Waals surface area contributed by atoms with Gasteiger partial charge < -0.3 is 4.74 Å². The quantitative estimate of drug-likeness (QED) is 0.490. The van der Waals surface area contributed by atoms with Gasteiger partial charge in [0, 0.05) is 23.1 Å². The minimum absolute atomic E-state index is 0.00424. The fourth-order valence-electron chi connectivity index (χ4n) is 1.55. The smallest absolute Gasteiger partial charge is 0.357 e. The fraction of sp³-hybridized carbons (Fsp3) is 0.167. The van der Waals surface area contributed by atoms with Gasteiger partial charge in [-0.1, -0.05) is 6.07 Å². The predicted molar refractivity (Wildman–Crippen MR) is 70.3 cm³/mol. The Bertz CT molecular complexity index is 651. The molecule has 0 bridgehead atoms. The Kier molecular flexibility index (Phi) is 3.57. The molecular weight excluding hydrogens is 268 g/mol. The first kappa shape index (κ1) is 13.2. The van der Waals surface area contributed by atoms with E-state index in [1.807, 2.05) is 6.92 Å². The van der Waals surface area contributed by atoms with Crippen molar-refractivity contribution >= 4 is 23.0 Å². The summed E-state index contributed by atoms with van der Waals surface area (Å²) in [5.41, 5.74) is 1.70. The second-order valence-corrected chi connectivity index (χ2v) is 4.64. The third kappa shape index (κ3) is 2.60. The number of aromatic nitrogens is 1. The highest BCUT2D eigenvalue weighted by Crippen LogP contribution is 2.30. The number of carbonyl (C=O) groups excluding carboxylic acids is 1. The lowest BCUT2D eigenvalue weighted by Gasteiger charge is -2.01. The van der Waals surface area contributed by atoms with E-state index in [1.54, 1.807) is 11.4 Å². The zero-order chi connectivity index (χ0) is 14.0. The van der Waals surface area contributed by atoms with E-state index in [9.17, 15) is 14.9 Å². The number of hydrogen-bond donors (Lipinski definition) is 0. The Hall–Kier alpha value is -2.28. The SMILES string of the molecule is COC(=O)c1csc(-c2cc([N+](=O)[O-])ccc2C)n1. The van der Waals surface area contributed by atoms with Crippen molar-refractivity contribution in [2.45, 2.75) is 6.92 Å². The molecule has 1 aromatic heterocycles. The number of hydrogen-bond acceptors (Lipinski definition) is 6. The molecule has 1 aromatic carbocycles. The topological polar surface area (TPSA) is 82.3 Å². The van der Waals surface area contributed by atoms with Crippen LogP contribution in [-0.4, -0.2) is 23.0 Å². The zero-order valence-electron chi connectivity index (χ0n) is 10.2. The fourth-order valence-corrected chi connectivity index (χ4v) is 2.42. The molecule has 0 aliphatic carbocycles. The summed E-state index contributed by atoms with van der Waals surface area (Å²) in [7, 11) is 1.28. The van der Waals surface area contributed by atoms with E-state index in [0.29, 0.717) is 10.6 Å². The van der Waals surface area contributed by atoms with Crippen LogP contribution in [0.1, 0.15) is 16.1 Å². The van der Waals surface area contributed by atoms with Crippen LogP contribution in [0.15, 0.2) is 23.6 Å². The minimum atomic E-state index is -0.523. The molecule has 0 spiro atoms. The number of aryl methyl sites for hydroxylation is 1. The number of rotatable bonds is 3. The first-order valence-corrected chi connectivity index (χ1v) is 6.20. The first-order valence-electron chi connectivity index (χ1n) is 5.32. The Morgan fingerprint density at radius 2 is 2.21 bits per heavy atom. The molecule has 0 N–H and O–H groups in total. The van der Waals surface area contributed by atoms with Gasteiger partial charge in [0.15, 0.2) is 5.69 Å². The van der Waals surface area contributed by atoms with E-state index < -0.39 is 10.9 Å². The van der Waals surface area contributed by atoms with E-state index in [1.165, 1.54) is 30.6 Å². The van der Waals surface area contributed by atoms with Gasteiger partial charge in [-0.15, -0.1) is 11.3 Å². The van der Waals surface area contributed by atoms with Crippen molar-refractivity contribution in [2.75, 3.05) is 7.11 Å². The third-order valence-corrected chi connectivity index (χ3v) is 3.44. The highest BCUT2D eigenvalue weighted by Gasteiger charge is 2.15. The molecule has 0 aliphatic heterocycles. The molecule has 2 aromatic rings. The summed E-state index contributed by atoms with van der Waals surface area (Å²) in [4.78, 5) is 25.8. The van der Waals surface area contributed by atoms with Crippen LogP contribution >= 0.6 is 11.3 Å². The van der Waals surface area contributed by atoms with Gasteiger partial charge in [-0.05, 0) is 12.5 Å². The maximum Gasteiger partial charge on any atom is 0.357 e. The van der Waals surface area contributed by atoms with Crippen LogP contribution in [0.3, 0.4) is 0 Å². The average molecular weight is 278 g/mol. The lowest BCUT2D eigenvalue weighted by atomic mass is 10.1. The van der Waals surface area contributed by atoms with E-state index in [-0.39, 0.29) is 11.4 Å². The van der Waals surface area contributed by atoms with E-state index in [0.717, 1.165) is 5.56 Å². The largest absolute Gasteiger partial charge is 0.464 e. The summed E-state index contributed by atoms with van der Waals surface area (Å²) in [6.07, 6.45) is 0. The Morgan fingerprint density at radius 1 is 1.47 bits per heavy atom. The lowest BCUT2D eigenvalue weighted by Crippen LogP contribution is -2.01. The van der Waals surface area contributed by atoms with Crippen molar-refractivity contribution in [2.24, 2.45) is 0 Å². The van der Waals surface area contributed by atoms with Crippen LogP contribution in [0.25, 0.3) is 10.6 Å². The highest BCUT2D eigenvalue weighted by molar-refractivity contribution is 7.13. The summed E-state index contributed by atoms with van der Waals surface area (Å²) >= 11 is 1.25. The molecule has 0 saturated carbocycles. The summed E-state index contributed by atoms with van der Waals surface area (Å²) in [6.45, 7) is 1.83. The summed E-state index contributed by atoms with van der Waals surface area (Å²) in [6, 6.07) is 4.55. The standard InChI is InChI=1S/C12H10N2O4S/c1-7-3-4-8(14(16)17)5-9(7)11-13-10(6-19-11)12(15)18-2/h3-6H,1-2H3. The van der Waals surface area contributed by atoms with Gasteiger partial charge in [-0.3, -0.25) is 10.1 Å². The van der Waals surface area contributed by atoms with Gasteiger partial charge in [0.2, 0.25) is 0 Å². The summed E-state index contributed by atoms with van der Waals surface area (Å²) in [5.74, 6) is -0.523. The monoisotopic (exact) mass is 278 g/mol. The Labute approximate surface area is 112 Å². The third-order valence-electron chi connectivity index (χ3n) is 2.56. The van der Waals surface area contributed by atoms with Crippen molar-refractivity contribution < 1.29 is 14.5 Å². The summed E-state index contributed by atoms with van der Waals surface area (Å²) in [5, 5.41) is 12.9. The van der Waals surface area contributed by atoms with Crippen molar-refractivity contribution in [3.05, 3.63) is 45.0 Å². The predicted octanol–water partition coefficient (Wildman–Crippen LogP) is 2.81. The summed E-state index contributed by atoms with van der Waals surface area (Å²) < 4.78 is 4.57. The second kappa shape index (κ2) is 5.15. The number of carbonyl (C=O) groups is 1. The molecule has 0 atom stereocenters. The Morgan fingerprint density at radius 3 is 2.84 bits per heavy atom. The number of thiazole rings is 1. The van der Waals surface area contributed by atoms with Gasteiger partial charge in [0.25, 0.3) is 5.69 Å². The molecule has 1 heterocycles. The van der Waals surface area contributed by atoms with E-state index in [4.69, 9.17) is 0 Å². The van der Waals surface area contributed by atoms with Crippen LogP contribution < -0.4 is 0 Å². The molecule has 98 valence electrons. The zero-order valence-corrected chi connectivity index (χ0v) is 11.1. The lowest BCUT2D eigenvalue weighted by molar-refractivity contribution is -0.384. The number of ether oxygens (including phenoxy) is 1. The van der Waals surface area contributed by atoms with Crippen LogP contribution in [0.5, 0.6) is 0 Å². The minimum Gasteiger partial charge on any atom is -0.464 e. The van der Waals surface area contributed by atoms with Gasteiger partial charge in [0.1, 0.15) is 5.01 Å². The van der Waals surface area contributed by atoms with Crippen molar-refractivity contribution in [3.63, 3.8) is 0 Å². The molecule has 0 fully saturated rings. The molecule has 0 saturated heterocycles. The number of nitrogens with zero attached hydrogens (tertiary/aromatic N) is 2. The molecule has 19 heavy (non-hydrogen) atoms. The number of esters is 1. The average Bonchev–Trinajstić information content (AvgIpc) is 2.87. The number of benzene rings is 1. The molecular formula is C12H10N2O4S. The number of nitro groups is 1.